The Morgan fingerprint density at radius 2 is 2.07 bits per heavy atom. The average molecular weight is 504 g/mol. The van der Waals surface area contributed by atoms with Crippen molar-refractivity contribution in [2.45, 2.75) is 12.8 Å². The van der Waals surface area contributed by atoms with Crippen molar-refractivity contribution in [3.05, 3.63) is 58.1 Å². The van der Waals surface area contributed by atoms with Gasteiger partial charge in [0, 0.05) is 50.9 Å². The van der Waals surface area contributed by atoms with Crippen molar-refractivity contribution in [2.75, 3.05) is 32.0 Å². The van der Waals surface area contributed by atoms with Gasteiger partial charge >= 0.3 is 0 Å². The van der Waals surface area contributed by atoms with E-state index in [2.05, 4.69) is 49.9 Å². The second-order valence-electron chi connectivity index (χ2n) is 6.14. The van der Waals surface area contributed by atoms with Gasteiger partial charge in [-0.3, -0.25) is 0 Å². The summed E-state index contributed by atoms with van der Waals surface area (Å²) in [7, 11) is 1.25. The number of halogens is 1. The van der Waals surface area contributed by atoms with E-state index in [9.17, 15) is 0 Å². The largest absolute Gasteiger partial charge is 0.680 e. The van der Waals surface area contributed by atoms with Crippen LogP contribution in [0.3, 0.4) is 0 Å². The van der Waals surface area contributed by atoms with E-state index in [1.807, 2.05) is 22.7 Å². The second kappa shape index (κ2) is 11.2. The summed E-state index contributed by atoms with van der Waals surface area (Å²) in [6, 6.07) is 12.3. The van der Waals surface area contributed by atoms with Crippen LogP contribution in [0.1, 0.15) is 12.8 Å². The van der Waals surface area contributed by atoms with Crippen molar-refractivity contribution in [3.63, 3.8) is 0 Å². The Morgan fingerprint density at radius 3 is 2.78 bits per heavy atom. The van der Waals surface area contributed by atoms with Crippen LogP contribution in [0.4, 0.5) is 5.82 Å². The van der Waals surface area contributed by atoms with Gasteiger partial charge < -0.3 is 16.4 Å². The molecule has 8 heteroatoms. The van der Waals surface area contributed by atoms with E-state index in [-0.39, 0.29) is 32.7 Å². The van der Waals surface area contributed by atoms with E-state index in [4.69, 9.17) is 10.7 Å². The van der Waals surface area contributed by atoms with Gasteiger partial charge in [0.25, 0.3) is 0 Å². The maximum absolute atomic E-state index is 5.75. The van der Waals surface area contributed by atoms with Crippen LogP contribution in [-0.4, -0.2) is 41.3 Å². The van der Waals surface area contributed by atoms with Crippen LogP contribution in [0.2, 0.25) is 0 Å². The number of rotatable bonds is 4. The first-order chi connectivity index (χ1) is 12.8. The molecule has 0 aliphatic carbocycles. The van der Waals surface area contributed by atoms with Crippen molar-refractivity contribution < 1.29 is 32.7 Å². The molecule has 1 atom stereocenters. The van der Waals surface area contributed by atoms with Gasteiger partial charge in [0.15, 0.2) is 5.65 Å². The van der Waals surface area contributed by atoms with Crippen LogP contribution in [0.15, 0.2) is 47.1 Å². The first-order valence-corrected chi connectivity index (χ1v) is 9.57. The fourth-order valence-electron chi connectivity index (χ4n) is 3.09. The predicted octanol–water partition coefficient (Wildman–Crippen LogP) is 5.02. The van der Waals surface area contributed by atoms with Crippen LogP contribution >= 0.6 is 15.9 Å². The number of nitrogens with zero attached hydrogens (tertiary/aromatic N) is 4. The number of anilines is 1. The summed E-state index contributed by atoms with van der Waals surface area (Å²) in [6.07, 6.45) is 4.22. The molecule has 4 rings (SSSR count). The maximum Gasteiger partial charge on any atom is 0.172 e. The number of piperidine rings is 1. The monoisotopic (exact) mass is 503 g/mol. The third-order valence-corrected chi connectivity index (χ3v) is 4.95. The molecule has 0 amide bonds. The Kier molecular flexibility index (Phi) is 9.32. The fourth-order valence-corrected chi connectivity index (χ4v) is 3.44. The summed E-state index contributed by atoms with van der Waals surface area (Å²) in [5.74, 6) is 1.57. The molecule has 1 fully saturated rings. The van der Waals surface area contributed by atoms with E-state index in [0.717, 1.165) is 46.8 Å². The Balaban J connectivity index is 0.000000844. The summed E-state index contributed by atoms with van der Waals surface area (Å²) in [4.78, 5) is 4.76. The van der Waals surface area contributed by atoms with Crippen molar-refractivity contribution in [1.29, 1.82) is 0 Å². The number of nitrogens with one attached hydrogen (secondary N) is 2. The number of benzene rings is 1. The first-order valence-electron chi connectivity index (χ1n) is 8.78. The minimum Gasteiger partial charge on any atom is -0.680 e. The minimum atomic E-state index is 0. The summed E-state index contributed by atoms with van der Waals surface area (Å²) in [5, 5.41) is 12.5. The van der Waals surface area contributed by atoms with Crippen molar-refractivity contribution >= 4 is 27.4 Å². The van der Waals surface area contributed by atoms with Gasteiger partial charge in [-0.15, -0.1) is 13.1 Å². The molecule has 0 spiro atoms. The fraction of sp³-hybridized carbons (Fsp3) is 0.368. The molecule has 141 valence electrons. The summed E-state index contributed by atoms with van der Waals surface area (Å²) < 4.78 is 2.76. The van der Waals surface area contributed by atoms with Crippen LogP contribution in [0, 0.1) is 5.92 Å². The molecule has 27 heavy (non-hydrogen) atoms. The maximum atomic E-state index is 5.75. The van der Waals surface area contributed by atoms with E-state index in [1.54, 1.807) is 6.20 Å². The molecule has 1 aliphatic heterocycles. The molecular weight excluding hydrogens is 481 g/mol. The van der Waals surface area contributed by atoms with Gasteiger partial charge in [0.1, 0.15) is 5.82 Å². The molecule has 1 unspecified atom stereocenters. The van der Waals surface area contributed by atoms with E-state index >= 15 is 0 Å². The molecule has 1 saturated heterocycles. The zero-order valence-electron chi connectivity index (χ0n) is 15.4. The molecule has 2 N–H and O–H groups in total. The van der Waals surface area contributed by atoms with Gasteiger partial charge in [-0.2, -0.15) is 16.7 Å². The third kappa shape index (κ3) is 5.58. The molecule has 3 aromatic rings. The molecule has 3 heterocycles. The Hall–Kier alpha value is -0.856. The van der Waals surface area contributed by atoms with Gasteiger partial charge in [0.05, 0.1) is 16.4 Å². The third-order valence-electron chi connectivity index (χ3n) is 4.39. The Bertz CT molecular complexity index is 833. The Labute approximate surface area is 193 Å². The Morgan fingerprint density at radius 1 is 1.30 bits per heavy atom. The first kappa shape index (κ1) is 22.4. The molecule has 6 nitrogen and oxygen atoms in total. The quantitative estimate of drug-likeness (QED) is 0.542. The average Bonchev–Trinajstić information content (AvgIpc) is 3.10. The van der Waals surface area contributed by atoms with Crippen LogP contribution in [0.25, 0.3) is 28.0 Å². The van der Waals surface area contributed by atoms with Gasteiger partial charge in [0.2, 0.25) is 0 Å². The van der Waals surface area contributed by atoms with E-state index < -0.39 is 0 Å². The molecule has 1 aliphatic rings. The number of aromatic nitrogens is 3. The normalized spacial score (nSPS) is 16.2. The standard InChI is InChI=1S/C18H19BrN5.CH4N.Y/c19-15-12-22-24-17(21-11-13-5-4-8-20-10-13)9-16(23-18(15)24)14-6-2-1-3-7-14;1-2;/h1-3,6-7,9,12-13,21H,4-5,8,10-11H2;2H,1H3;/q2*-1;. The van der Waals surface area contributed by atoms with Crippen molar-refractivity contribution in [2.24, 2.45) is 5.92 Å². The SMILES string of the molecule is Brc1cnn2c(NCC3CCC[N-]C3)cc(-c3ccccc3)nc12.C[NH-].[Y]. The van der Waals surface area contributed by atoms with Gasteiger partial charge in [-0.25, -0.2) is 4.98 Å². The molecule has 1 radical (unpaired) electrons. The molecule has 0 bridgehead atoms. The van der Waals surface area contributed by atoms with Gasteiger partial charge in [-0.1, -0.05) is 43.2 Å². The number of fused-ring (bicyclic) bond motifs is 1. The molecule has 0 saturated carbocycles. The van der Waals surface area contributed by atoms with Crippen LogP contribution < -0.4 is 5.32 Å². The number of hydrogen-bond acceptors (Lipinski definition) is 3. The minimum absolute atomic E-state index is 0. The van der Waals surface area contributed by atoms with Gasteiger partial charge in [-0.05, 0) is 21.8 Å². The smallest absolute Gasteiger partial charge is 0.172 e. The molecule has 2 aromatic heterocycles. The summed E-state index contributed by atoms with van der Waals surface area (Å²) in [6.45, 7) is 2.88. The summed E-state index contributed by atoms with van der Waals surface area (Å²) in [5.41, 5.74) is 8.62. The topological polar surface area (TPSA) is 80.1 Å². The second-order valence-corrected chi connectivity index (χ2v) is 6.99. The predicted molar refractivity (Wildman–Crippen MR) is 111 cm³/mol. The molecular formula is C19H23BrN6Y-2. The zero-order chi connectivity index (χ0) is 18.4. The zero-order valence-corrected chi connectivity index (χ0v) is 19.8. The molecule has 1 aromatic carbocycles. The van der Waals surface area contributed by atoms with E-state index in [1.165, 1.54) is 19.9 Å². The van der Waals surface area contributed by atoms with E-state index in [0.29, 0.717) is 5.92 Å². The number of hydrogen-bond donors (Lipinski definition) is 1. The van der Waals surface area contributed by atoms with Crippen molar-refractivity contribution in [3.8, 4) is 11.3 Å². The van der Waals surface area contributed by atoms with Crippen LogP contribution in [0.5, 0.6) is 0 Å². The van der Waals surface area contributed by atoms with Crippen molar-refractivity contribution in [1.82, 2.24) is 14.6 Å². The van der Waals surface area contributed by atoms with Crippen LogP contribution in [-0.2, 0) is 32.7 Å². The summed E-state index contributed by atoms with van der Waals surface area (Å²) >= 11 is 3.55.